The zero-order valence-electron chi connectivity index (χ0n) is 12.3. The smallest absolute Gasteiger partial charge is 0.303 e. The second-order valence-corrected chi connectivity index (χ2v) is 5.21. The molecule has 22 heavy (non-hydrogen) atoms. The number of Topliss-reactive ketones (excluding diaryl/α,β-unsaturated/α-hetero) is 1. The molecule has 2 rings (SSSR count). The SMILES string of the molecule is CC1=C(c2cccnc2)C(CCCCC(=O)O)=CC(=O)C1=O. The molecule has 0 saturated carbocycles. The maximum absolute atomic E-state index is 11.9. The van der Waals surface area contributed by atoms with Gasteiger partial charge in [-0.1, -0.05) is 6.07 Å². The molecular weight excluding hydrogens is 282 g/mol. The molecule has 1 aliphatic carbocycles. The number of unbranched alkanes of at least 4 members (excludes halogenated alkanes) is 1. The number of aromatic nitrogens is 1. The van der Waals surface area contributed by atoms with Crippen molar-refractivity contribution < 1.29 is 19.5 Å². The van der Waals surface area contributed by atoms with E-state index in [0.29, 0.717) is 24.8 Å². The summed E-state index contributed by atoms with van der Waals surface area (Å²) in [6.45, 7) is 1.65. The number of allylic oxidation sites excluding steroid dienone is 4. The molecule has 114 valence electrons. The van der Waals surface area contributed by atoms with Gasteiger partial charge in [0.25, 0.3) is 0 Å². The van der Waals surface area contributed by atoms with Crippen LogP contribution in [0.5, 0.6) is 0 Å². The Hall–Kier alpha value is -2.56. The van der Waals surface area contributed by atoms with Crippen molar-refractivity contribution in [1.82, 2.24) is 4.98 Å². The molecule has 1 aliphatic rings. The maximum atomic E-state index is 11.9. The summed E-state index contributed by atoms with van der Waals surface area (Å²) in [7, 11) is 0. The molecule has 5 nitrogen and oxygen atoms in total. The molecule has 0 atom stereocenters. The molecule has 1 aromatic heterocycles. The van der Waals surface area contributed by atoms with Gasteiger partial charge >= 0.3 is 5.97 Å². The van der Waals surface area contributed by atoms with E-state index in [1.165, 1.54) is 6.08 Å². The van der Waals surface area contributed by atoms with E-state index in [2.05, 4.69) is 4.98 Å². The average Bonchev–Trinajstić information content (AvgIpc) is 2.50. The number of nitrogens with zero attached hydrogens (tertiary/aromatic N) is 1. The van der Waals surface area contributed by atoms with E-state index in [9.17, 15) is 14.4 Å². The van der Waals surface area contributed by atoms with Gasteiger partial charge < -0.3 is 5.11 Å². The third kappa shape index (κ3) is 3.55. The summed E-state index contributed by atoms with van der Waals surface area (Å²) < 4.78 is 0. The van der Waals surface area contributed by atoms with E-state index in [1.54, 1.807) is 25.4 Å². The van der Waals surface area contributed by atoms with Crippen LogP contribution in [0, 0.1) is 0 Å². The highest BCUT2D eigenvalue weighted by Gasteiger charge is 2.26. The van der Waals surface area contributed by atoms with E-state index in [1.807, 2.05) is 6.07 Å². The van der Waals surface area contributed by atoms with Crippen LogP contribution in [0.2, 0.25) is 0 Å². The number of rotatable bonds is 6. The van der Waals surface area contributed by atoms with E-state index in [4.69, 9.17) is 5.11 Å². The van der Waals surface area contributed by atoms with Crippen molar-refractivity contribution in [2.75, 3.05) is 0 Å². The lowest BCUT2D eigenvalue weighted by Crippen LogP contribution is -2.19. The van der Waals surface area contributed by atoms with Gasteiger partial charge in [-0.2, -0.15) is 0 Å². The first-order chi connectivity index (χ1) is 10.5. The second-order valence-electron chi connectivity index (χ2n) is 5.21. The number of carbonyl (C=O) groups excluding carboxylic acids is 2. The van der Waals surface area contributed by atoms with Crippen molar-refractivity contribution >= 4 is 23.1 Å². The summed E-state index contributed by atoms with van der Waals surface area (Å²) in [5.41, 5.74) is 2.74. The Morgan fingerprint density at radius 1 is 1.27 bits per heavy atom. The molecule has 0 fully saturated rings. The van der Waals surface area contributed by atoms with E-state index in [-0.39, 0.29) is 6.42 Å². The van der Waals surface area contributed by atoms with Crippen LogP contribution in [0.25, 0.3) is 5.57 Å². The molecule has 0 bridgehead atoms. The van der Waals surface area contributed by atoms with Gasteiger partial charge in [0.2, 0.25) is 11.6 Å². The predicted octanol–water partition coefficient (Wildman–Crippen LogP) is 2.58. The Bertz CT molecular complexity index is 671. The summed E-state index contributed by atoms with van der Waals surface area (Å²) in [5, 5.41) is 8.67. The van der Waals surface area contributed by atoms with Crippen LogP contribution < -0.4 is 0 Å². The fraction of sp³-hybridized carbons (Fsp3) is 0.294. The van der Waals surface area contributed by atoms with Gasteiger partial charge in [0, 0.05) is 30.0 Å². The van der Waals surface area contributed by atoms with Gasteiger partial charge in [0.15, 0.2) is 0 Å². The van der Waals surface area contributed by atoms with Crippen molar-refractivity contribution in [2.24, 2.45) is 0 Å². The minimum Gasteiger partial charge on any atom is -0.481 e. The largest absolute Gasteiger partial charge is 0.481 e. The molecule has 1 N–H and O–H groups in total. The van der Waals surface area contributed by atoms with Crippen molar-refractivity contribution in [3.63, 3.8) is 0 Å². The maximum Gasteiger partial charge on any atom is 0.303 e. The molecular formula is C17H17NO4. The predicted molar refractivity (Wildman–Crippen MR) is 81.0 cm³/mol. The van der Waals surface area contributed by atoms with E-state index in [0.717, 1.165) is 16.7 Å². The fourth-order valence-electron chi connectivity index (χ4n) is 2.54. The Morgan fingerprint density at radius 3 is 2.68 bits per heavy atom. The molecule has 0 aromatic carbocycles. The molecule has 0 saturated heterocycles. The normalized spacial score (nSPS) is 15.0. The number of hydrogen-bond acceptors (Lipinski definition) is 4. The quantitative estimate of drug-likeness (QED) is 0.496. The lowest BCUT2D eigenvalue weighted by Gasteiger charge is -2.19. The highest BCUT2D eigenvalue weighted by Crippen LogP contribution is 2.33. The lowest BCUT2D eigenvalue weighted by atomic mass is 9.84. The number of hydrogen-bond donors (Lipinski definition) is 1. The van der Waals surface area contributed by atoms with E-state index >= 15 is 0 Å². The minimum absolute atomic E-state index is 0.102. The molecule has 1 heterocycles. The van der Waals surface area contributed by atoms with Crippen LogP contribution >= 0.6 is 0 Å². The molecule has 0 spiro atoms. The summed E-state index contributed by atoms with van der Waals surface area (Å²) in [4.78, 5) is 38.3. The van der Waals surface area contributed by atoms with Crippen LogP contribution in [-0.2, 0) is 14.4 Å². The summed E-state index contributed by atoms with van der Waals surface area (Å²) in [6, 6.07) is 3.62. The van der Waals surface area contributed by atoms with E-state index < -0.39 is 17.5 Å². The lowest BCUT2D eigenvalue weighted by molar-refractivity contribution is -0.137. The van der Waals surface area contributed by atoms with Gasteiger partial charge in [0.05, 0.1) is 0 Å². The topological polar surface area (TPSA) is 84.3 Å². The van der Waals surface area contributed by atoms with Crippen molar-refractivity contribution in [3.05, 3.63) is 47.3 Å². The first kappa shape index (κ1) is 15.8. The molecule has 5 heteroatoms. The Kier molecular flexibility index (Phi) is 4.99. The number of pyridine rings is 1. The fourth-order valence-corrected chi connectivity index (χ4v) is 2.54. The van der Waals surface area contributed by atoms with Gasteiger partial charge in [-0.15, -0.1) is 0 Å². The molecule has 0 amide bonds. The molecule has 0 unspecified atom stereocenters. The van der Waals surface area contributed by atoms with Crippen molar-refractivity contribution in [1.29, 1.82) is 0 Å². The monoisotopic (exact) mass is 299 g/mol. The molecule has 0 radical (unpaired) electrons. The third-order valence-corrected chi connectivity index (χ3v) is 3.60. The van der Waals surface area contributed by atoms with Gasteiger partial charge in [-0.05, 0) is 49.5 Å². The van der Waals surface area contributed by atoms with Crippen LogP contribution in [0.3, 0.4) is 0 Å². The van der Waals surface area contributed by atoms with Crippen molar-refractivity contribution in [2.45, 2.75) is 32.6 Å². The zero-order valence-corrected chi connectivity index (χ0v) is 12.3. The number of carbonyl (C=O) groups is 3. The van der Waals surface area contributed by atoms with Crippen LogP contribution in [0.4, 0.5) is 0 Å². The number of carboxylic acid groups (broad SMARTS) is 1. The second kappa shape index (κ2) is 6.93. The van der Waals surface area contributed by atoms with Gasteiger partial charge in [-0.3, -0.25) is 19.4 Å². The zero-order chi connectivity index (χ0) is 16.1. The highest BCUT2D eigenvalue weighted by molar-refractivity contribution is 6.50. The van der Waals surface area contributed by atoms with Crippen LogP contribution in [0.1, 0.15) is 38.2 Å². The van der Waals surface area contributed by atoms with Gasteiger partial charge in [-0.25, -0.2) is 0 Å². The van der Waals surface area contributed by atoms with Gasteiger partial charge in [0.1, 0.15) is 0 Å². The average molecular weight is 299 g/mol. The highest BCUT2D eigenvalue weighted by atomic mass is 16.4. The molecule has 1 aromatic rings. The summed E-state index contributed by atoms with van der Waals surface area (Å²) in [5.74, 6) is -1.84. The third-order valence-electron chi connectivity index (χ3n) is 3.60. The summed E-state index contributed by atoms with van der Waals surface area (Å²) >= 11 is 0. The van der Waals surface area contributed by atoms with Crippen LogP contribution in [-0.4, -0.2) is 27.6 Å². The number of ketones is 2. The number of aliphatic carboxylic acids is 1. The van der Waals surface area contributed by atoms with Crippen molar-refractivity contribution in [3.8, 4) is 0 Å². The Labute approximate surface area is 128 Å². The molecule has 0 aliphatic heterocycles. The number of carboxylic acids is 1. The van der Waals surface area contributed by atoms with Crippen LogP contribution in [0.15, 0.2) is 41.7 Å². The first-order valence-corrected chi connectivity index (χ1v) is 7.13. The first-order valence-electron chi connectivity index (χ1n) is 7.13. The Balaban J connectivity index is 2.25. The Morgan fingerprint density at radius 2 is 2.05 bits per heavy atom. The standard InChI is InChI=1S/C17H17NO4/c1-11-16(13-6-4-8-18-10-13)12(9-14(19)17(11)22)5-2-3-7-15(20)21/h4,6,8-10H,2-3,5,7H2,1H3,(H,20,21). The minimum atomic E-state index is -0.830. The summed E-state index contributed by atoms with van der Waals surface area (Å²) in [6.07, 6.45) is 6.53.